The first-order chi connectivity index (χ1) is 9.50. The van der Waals surface area contributed by atoms with Crippen LogP contribution in [0.3, 0.4) is 0 Å². The molecular formula is C16H26NO3+. The van der Waals surface area contributed by atoms with Gasteiger partial charge in [-0.25, -0.2) is 0 Å². The average molecular weight is 280 g/mol. The van der Waals surface area contributed by atoms with E-state index in [2.05, 4.69) is 31.3 Å². The molecule has 112 valence electrons. The number of aliphatic hydroxyl groups excluding tert-OH is 1. The average Bonchev–Trinajstić information content (AvgIpc) is 2.42. The van der Waals surface area contributed by atoms with Crippen LogP contribution in [0.25, 0.3) is 0 Å². The first-order valence-corrected chi connectivity index (χ1v) is 7.22. The van der Waals surface area contributed by atoms with Crippen LogP contribution in [-0.4, -0.2) is 31.5 Å². The molecule has 0 bridgehead atoms. The number of hydrogen-bond donors (Lipinski definition) is 2. The largest absolute Gasteiger partial charge is 0.493 e. The van der Waals surface area contributed by atoms with Crippen molar-refractivity contribution in [2.24, 2.45) is 0 Å². The number of nitrogens with two attached hydrogens (primary N) is 1. The lowest BCUT2D eigenvalue weighted by molar-refractivity contribution is -0.761. The lowest BCUT2D eigenvalue weighted by atomic mass is 9.82. The zero-order valence-electron chi connectivity index (χ0n) is 12.9. The van der Waals surface area contributed by atoms with Gasteiger partial charge in [0.05, 0.1) is 19.8 Å². The molecule has 1 aromatic carbocycles. The minimum atomic E-state index is 0.173. The van der Waals surface area contributed by atoms with Crippen LogP contribution < -0.4 is 14.8 Å². The maximum absolute atomic E-state index is 9.10. The van der Waals surface area contributed by atoms with Gasteiger partial charge in [0, 0.05) is 25.0 Å². The molecule has 1 atom stereocenters. The zero-order valence-corrected chi connectivity index (χ0v) is 12.9. The summed E-state index contributed by atoms with van der Waals surface area (Å²) in [6.07, 6.45) is 2.81. The Bertz CT molecular complexity index is 471. The van der Waals surface area contributed by atoms with Gasteiger partial charge in [-0.05, 0) is 38.0 Å². The summed E-state index contributed by atoms with van der Waals surface area (Å²) in [4.78, 5) is 0. The number of methoxy groups -OCH3 is 2. The van der Waals surface area contributed by atoms with Crippen LogP contribution in [0.2, 0.25) is 0 Å². The second-order valence-corrected chi connectivity index (χ2v) is 6.21. The van der Waals surface area contributed by atoms with Gasteiger partial charge < -0.3 is 19.9 Å². The molecule has 3 N–H and O–H groups in total. The highest BCUT2D eigenvalue weighted by Crippen LogP contribution is 2.36. The molecule has 4 heteroatoms. The molecule has 0 unspecified atom stereocenters. The van der Waals surface area contributed by atoms with Gasteiger partial charge in [-0.15, -0.1) is 0 Å². The summed E-state index contributed by atoms with van der Waals surface area (Å²) < 4.78 is 10.8. The molecule has 1 aliphatic rings. The Kier molecular flexibility index (Phi) is 4.55. The summed E-state index contributed by atoms with van der Waals surface area (Å²) in [5, 5.41) is 11.5. The topological polar surface area (TPSA) is 55.3 Å². The minimum Gasteiger partial charge on any atom is -0.493 e. The van der Waals surface area contributed by atoms with E-state index in [0.29, 0.717) is 6.04 Å². The number of aliphatic hydroxyl groups is 1. The third-order valence-electron chi connectivity index (χ3n) is 4.02. The van der Waals surface area contributed by atoms with E-state index in [1.807, 2.05) is 0 Å². The normalized spacial score (nSPS) is 20.4. The lowest BCUT2D eigenvalue weighted by Gasteiger charge is -2.35. The van der Waals surface area contributed by atoms with Gasteiger partial charge in [0.15, 0.2) is 11.5 Å². The molecular weight excluding hydrogens is 254 g/mol. The number of rotatable bonds is 5. The van der Waals surface area contributed by atoms with Crippen LogP contribution >= 0.6 is 0 Å². The number of benzene rings is 1. The summed E-state index contributed by atoms with van der Waals surface area (Å²) in [6.45, 7) is 4.77. The van der Waals surface area contributed by atoms with E-state index in [4.69, 9.17) is 14.6 Å². The first-order valence-electron chi connectivity index (χ1n) is 7.22. The third-order valence-corrected chi connectivity index (χ3v) is 4.02. The molecule has 0 aromatic heterocycles. The van der Waals surface area contributed by atoms with E-state index in [-0.39, 0.29) is 12.1 Å². The van der Waals surface area contributed by atoms with Crippen LogP contribution in [-0.2, 0) is 6.42 Å². The van der Waals surface area contributed by atoms with Crippen LogP contribution in [0.5, 0.6) is 11.5 Å². The van der Waals surface area contributed by atoms with Crippen molar-refractivity contribution in [2.45, 2.75) is 44.7 Å². The quantitative estimate of drug-likeness (QED) is 0.857. The highest BCUT2D eigenvalue weighted by Gasteiger charge is 2.35. The molecule has 20 heavy (non-hydrogen) atoms. The molecule has 0 fully saturated rings. The smallest absolute Gasteiger partial charge is 0.161 e. The van der Waals surface area contributed by atoms with Crippen LogP contribution in [0, 0.1) is 0 Å². The Morgan fingerprint density at radius 1 is 1.25 bits per heavy atom. The molecule has 0 saturated heterocycles. The van der Waals surface area contributed by atoms with Crippen molar-refractivity contribution < 1.29 is 19.9 Å². The molecule has 4 nitrogen and oxygen atoms in total. The van der Waals surface area contributed by atoms with Crippen molar-refractivity contribution in [3.05, 3.63) is 23.3 Å². The maximum Gasteiger partial charge on any atom is 0.161 e. The Hall–Kier alpha value is -1.26. The fraction of sp³-hybridized carbons (Fsp3) is 0.625. The molecule has 1 aromatic rings. The van der Waals surface area contributed by atoms with Gasteiger partial charge in [0.25, 0.3) is 0 Å². The Labute approximate surface area is 121 Å². The lowest BCUT2D eigenvalue weighted by Crippen LogP contribution is -2.97. The summed E-state index contributed by atoms with van der Waals surface area (Å²) >= 11 is 0. The molecule has 1 heterocycles. The van der Waals surface area contributed by atoms with Crippen LogP contribution in [0.4, 0.5) is 0 Å². The van der Waals surface area contributed by atoms with E-state index in [1.165, 1.54) is 11.1 Å². The van der Waals surface area contributed by atoms with Gasteiger partial charge in [0.2, 0.25) is 0 Å². The van der Waals surface area contributed by atoms with Crippen molar-refractivity contribution in [2.75, 3.05) is 20.8 Å². The maximum atomic E-state index is 9.10. The van der Waals surface area contributed by atoms with Gasteiger partial charge in [-0.2, -0.15) is 0 Å². The third kappa shape index (κ3) is 3.07. The predicted octanol–water partition coefficient (Wildman–Crippen LogP) is 1.42. The summed E-state index contributed by atoms with van der Waals surface area (Å²) in [7, 11) is 3.34. The number of hydrogen-bond acceptors (Lipinski definition) is 3. The Morgan fingerprint density at radius 3 is 2.50 bits per heavy atom. The van der Waals surface area contributed by atoms with E-state index < -0.39 is 0 Å². The van der Waals surface area contributed by atoms with Gasteiger partial charge in [-0.3, -0.25) is 0 Å². The minimum absolute atomic E-state index is 0.173. The van der Waals surface area contributed by atoms with Crippen molar-refractivity contribution in [1.29, 1.82) is 0 Å². The zero-order chi connectivity index (χ0) is 14.8. The molecule has 0 saturated carbocycles. The van der Waals surface area contributed by atoms with Crippen molar-refractivity contribution in [3.63, 3.8) is 0 Å². The fourth-order valence-corrected chi connectivity index (χ4v) is 3.17. The van der Waals surface area contributed by atoms with Crippen LogP contribution in [0.1, 0.15) is 43.9 Å². The van der Waals surface area contributed by atoms with Crippen LogP contribution in [0.15, 0.2) is 12.1 Å². The van der Waals surface area contributed by atoms with Crippen molar-refractivity contribution >= 4 is 0 Å². The van der Waals surface area contributed by atoms with Gasteiger partial charge in [-0.1, -0.05) is 0 Å². The fourth-order valence-electron chi connectivity index (χ4n) is 3.17. The Balaban J connectivity index is 2.41. The Morgan fingerprint density at radius 2 is 1.90 bits per heavy atom. The highest BCUT2D eigenvalue weighted by atomic mass is 16.5. The van der Waals surface area contributed by atoms with Gasteiger partial charge >= 0.3 is 0 Å². The highest BCUT2D eigenvalue weighted by molar-refractivity contribution is 5.49. The van der Waals surface area contributed by atoms with E-state index in [9.17, 15) is 0 Å². The molecule has 0 amide bonds. The monoisotopic (exact) mass is 280 g/mol. The molecule has 0 radical (unpaired) electrons. The molecule has 2 rings (SSSR count). The van der Waals surface area contributed by atoms with Crippen molar-refractivity contribution in [1.82, 2.24) is 0 Å². The van der Waals surface area contributed by atoms with Crippen molar-refractivity contribution in [3.8, 4) is 11.5 Å². The summed E-state index contributed by atoms with van der Waals surface area (Å²) in [5.41, 5.74) is 2.82. The summed E-state index contributed by atoms with van der Waals surface area (Å²) in [6, 6.07) is 4.58. The SMILES string of the molecule is COc1cc2c(cc1OC)[C@H](CCCO)[NH2+]C(C)(C)C2. The second-order valence-electron chi connectivity index (χ2n) is 6.21. The number of fused-ring (bicyclic) bond motifs is 1. The van der Waals surface area contributed by atoms with Gasteiger partial charge in [0.1, 0.15) is 6.04 Å². The molecule has 0 spiro atoms. The van der Waals surface area contributed by atoms with E-state index >= 15 is 0 Å². The molecule has 0 aliphatic carbocycles. The predicted molar refractivity (Wildman–Crippen MR) is 78.3 cm³/mol. The van der Waals surface area contributed by atoms with E-state index in [1.54, 1.807) is 14.2 Å². The number of ether oxygens (including phenoxy) is 2. The standard InChI is InChI=1S/C16H25NO3/c1-16(2)10-11-8-14(19-3)15(20-4)9-12(11)13(17-16)6-5-7-18/h8-9,13,17-18H,5-7,10H2,1-4H3/p+1/t13-/m0/s1. The van der Waals surface area contributed by atoms with E-state index in [0.717, 1.165) is 30.8 Å². The number of quaternary nitrogens is 1. The summed E-state index contributed by atoms with van der Waals surface area (Å²) in [5.74, 6) is 1.58. The molecule has 1 aliphatic heterocycles. The first kappa shape index (κ1) is 15.1. The second kappa shape index (κ2) is 6.02.